The van der Waals surface area contributed by atoms with Gasteiger partial charge in [-0.25, -0.2) is 9.50 Å². The van der Waals surface area contributed by atoms with E-state index in [2.05, 4.69) is 30.9 Å². The van der Waals surface area contributed by atoms with Crippen LogP contribution in [0.2, 0.25) is 5.02 Å². The Labute approximate surface area is 132 Å². The van der Waals surface area contributed by atoms with E-state index in [1.807, 2.05) is 24.3 Å². The molecule has 0 amide bonds. The monoisotopic (exact) mass is 321 g/mol. The van der Waals surface area contributed by atoms with Crippen molar-refractivity contribution in [2.75, 3.05) is 0 Å². The quantitative estimate of drug-likeness (QED) is 0.778. The fourth-order valence-electron chi connectivity index (χ4n) is 2.07. The maximum absolute atomic E-state index is 9.71. The summed E-state index contributed by atoms with van der Waals surface area (Å²) in [6.45, 7) is 6.24. The molecule has 3 aromatic rings. The first-order chi connectivity index (χ1) is 9.90. The lowest BCUT2D eigenvalue weighted by atomic mass is 9.98. The van der Waals surface area contributed by atoms with Crippen molar-refractivity contribution in [1.29, 1.82) is 0 Å². The normalized spacial score (nSPS) is 12.2. The average molecular weight is 322 g/mol. The second kappa shape index (κ2) is 5.09. The van der Waals surface area contributed by atoms with Crippen LogP contribution in [-0.4, -0.2) is 19.7 Å². The van der Waals surface area contributed by atoms with Crippen LogP contribution in [-0.2, 0) is 12.0 Å². The van der Waals surface area contributed by atoms with Gasteiger partial charge in [0.05, 0.1) is 18.0 Å². The third-order valence-corrected chi connectivity index (χ3v) is 4.79. The number of aromatic nitrogens is 3. The molecular weight excluding hydrogens is 306 g/mol. The predicted molar refractivity (Wildman–Crippen MR) is 85.9 cm³/mol. The lowest BCUT2D eigenvalue weighted by Gasteiger charge is -2.12. The second-order valence-electron chi connectivity index (χ2n) is 5.92. The van der Waals surface area contributed by atoms with Gasteiger partial charge < -0.3 is 5.11 Å². The Balaban J connectivity index is 2.16. The van der Waals surface area contributed by atoms with Crippen molar-refractivity contribution in [2.45, 2.75) is 32.8 Å². The smallest absolute Gasteiger partial charge is 0.213 e. The molecule has 0 spiro atoms. The summed E-state index contributed by atoms with van der Waals surface area (Å²) in [5, 5.41) is 16.0. The third kappa shape index (κ3) is 2.57. The number of nitrogens with zero attached hydrogens (tertiary/aromatic N) is 3. The number of rotatable bonds is 2. The van der Waals surface area contributed by atoms with Crippen LogP contribution in [0.25, 0.3) is 16.2 Å². The van der Waals surface area contributed by atoms with Gasteiger partial charge in [-0.1, -0.05) is 55.8 Å². The van der Waals surface area contributed by atoms with E-state index in [0.29, 0.717) is 10.7 Å². The van der Waals surface area contributed by atoms with Crippen molar-refractivity contribution >= 4 is 27.9 Å². The van der Waals surface area contributed by atoms with Gasteiger partial charge >= 0.3 is 0 Å². The van der Waals surface area contributed by atoms with E-state index in [4.69, 9.17) is 11.6 Å². The van der Waals surface area contributed by atoms with Crippen molar-refractivity contribution in [3.05, 3.63) is 40.0 Å². The Hall–Kier alpha value is -1.43. The van der Waals surface area contributed by atoms with Gasteiger partial charge in [-0.2, -0.15) is 5.10 Å². The van der Waals surface area contributed by atoms with Crippen LogP contribution in [0.1, 0.15) is 31.5 Å². The summed E-state index contributed by atoms with van der Waals surface area (Å²) in [5.74, 6) is 0. The van der Waals surface area contributed by atoms with E-state index in [0.717, 1.165) is 21.2 Å². The van der Waals surface area contributed by atoms with E-state index < -0.39 is 0 Å². The van der Waals surface area contributed by atoms with Crippen LogP contribution >= 0.6 is 22.9 Å². The molecule has 0 saturated carbocycles. The SMILES string of the molecule is CC(C)(C)c1nn2c(CO)c(-c3ccc(Cl)cc3)nc2s1. The Morgan fingerprint density at radius 2 is 1.90 bits per heavy atom. The summed E-state index contributed by atoms with van der Waals surface area (Å²) in [6.07, 6.45) is 0. The molecule has 0 unspecified atom stereocenters. The fraction of sp³-hybridized carbons (Fsp3) is 0.333. The van der Waals surface area contributed by atoms with Crippen molar-refractivity contribution in [3.8, 4) is 11.3 Å². The summed E-state index contributed by atoms with van der Waals surface area (Å²) < 4.78 is 1.75. The van der Waals surface area contributed by atoms with Gasteiger partial charge in [0.15, 0.2) is 0 Å². The summed E-state index contributed by atoms with van der Waals surface area (Å²) >= 11 is 7.47. The molecular formula is C15H16ClN3OS. The largest absolute Gasteiger partial charge is 0.390 e. The zero-order chi connectivity index (χ0) is 15.2. The number of imidazole rings is 1. The fourth-order valence-corrected chi connectivity index (χ4v) is 3.18. The van der Waals surface area contributed by atoms with Crippen molar-refractivity contribution in [3.63, 3.8) is 0 Å². The van der Waals surface area contributed by atoms with Crippen LogP contribution in [0.5, 0.6) is 0 Å². The minimum absolute atomic E-state index is 0.0292. The average Bonchev–Trinajstić information content (AvgIpc) is 2.96. The van der Waals surface area contributed by atoms with Crippen LogP contribution in [0, 0.1) is 0 Å². The number of aliphatic hydroxyl groups excluding tert-OH is 1. The third-order valence-electron chi connectivity index (χ3n) is 3.21. The van der Waals surface area contributed by atoms with Crippen molar-refractivity contribution < 1.29 is 5.11 Å². The standard InChI is InChI=1S/C15H16ClN3OS/c1-15(2,3)13-18-19-11(8-20)12(17-14(19)21-13)9-4-6-10(16)7-5-9/h4-7,20H,8H2,1-3H3. The first-order valence-corrected chi connectivity index (χ1v) is 7.85. The molecule has 1 N–H and O–H groups in total. The number of aliphatic hydroxyl groups is 1. The molecule has 2 aromatic heterocycles. The molecule has 21 heavy (non-hydrogen) atoms. The molecule has 3 rings (SSSR count). The molecule has 0 aliphatic carbocycles. The van der Waals surface area contributed by atoms with E-state index in [1.165, 1.54) is 0 Å². The van der Waals surface area contributed by atoms with Crippen LogP contribution in [0.4, 0.5) is 0 Å². The van der Waals surface area contributed by atoms with Crippen molar-refractivity contribution in [2.24, 2.45) is 0 Å². The molecule has 0 radical (unpaired) electrons. The van der Waals surface area contributed by atoms with E-state index in [-0.39, 0.29) is 12.0 Å². The molecule has 110 valence electrons. The van der Waals surface area contributed by atoms with Gasteiger partial charge in [0, 0.05) is 16.0 Å². The molecule has 0 saturated heterocycles. The molecule has 0 aliphatic rings. The number of fused-ring (bicyclic) bond motifs is 1. The van der Waals surface area contributed by atoms with Crippen molar-refractivity contribution in [1.82, 2.24) is 14.6 Å². The van der Waals surface area contributed by atoms with Gasteiger partial charge in [0.2, 0.25) is 4.96 Å². The number of halogens is 1. The van der Waals surface area contributed by atoms with Gasteiger partial charge in [0.25, 0.3) is 0 Å². The van der Waals surface area contributed by atoms with Gasteiger partial charge in [-0.3, -0.25) is 0 Å². The zero-order valence-corrected chi connectivity index (χ0v) is 13.7. The van der Waals surface area contributed by atoms with Gasteiger partial charge in [0.1, 0.15) is 5.01 Å². The highest BCUT2D eigenvalue weighted by Crippen LogP contribution is 2.32. The topological polar surface area (TPSA) is 50.4 Å². The van der Waals surface area contributed by atoms with Crippen LogP contribution in [0.3, 0.4) is 0 Å². The lowest BCUT2D eigenvalue weighted by Crippen LogP contribution is -2.11. The molecule has 1 aromatic carbocycles. The summed E-state index contributed by atoms with van der Waals surface area (Å²) in [6, 6.07) is 7.44. The van der Waals surface area contributed by atoms with Crippen LogP contribution < -0.4 is 0 Å². The van der Waals surface area contributed by atoms with E-state index >= 15 is 0 Å². The Bertz CT molecular complexity index is 784. The van der Waals surface area contributed by atoms with Crippen LogP contribution in [0.15, 0.2) is 24.3 Å². The first kappa shape index (κ1) is 14.5. The van der Waals surface area contributed by atoms with E-state index in [9.17, 15) is 5.11 Å². The van der Waals surface area contributed by atoms with E-state index in [1.54, 1.807) is 15.9 Å². The molecule has 0 atom stereocenters. The molecule has 2 heterocycles. The highest BCUT2D eigenvalue weighted by atomic mass is 35.5. The number of benzene rings is 1. The highest BCUT2D eigenvalue weighted by Gasteiger charge is 2.23. The number of hydrogen-bond donors (Lipinski definition) is 1. The lowest BCUT2D eigenvalue weighted by molar-refractivity contribution is 0.274. The summed E-state index contributed by atoms with van der Waals surface area (Å²) in [7, 11) is 0. The predicted octanol–water partition coefficient (Wildman–Crippen LogP) is 3.90. The summed E-state index contributed by atoms with van der Waals surface area (Å²) in [5.41, 5.74) is 2.37. The zero-order valence-electron chi connectivity index (χ0n) is 12.1. The van der Waals surface area contributed by atoms with Gasteiger partial charge in [-0.05, 0) is 12.1 Å². The minimum Gasteiger partial charge on any atom is -0.390 e. The maximum atomic E-state index is 9.71. The van der Waals surface area contributed by atoms with Gasteiger partial charge in [-0.15, -0.1) is 0 Å². The Kier molecular flexibility index (Phi) is 3.51. The summed E-state index contributed by atoms with van der Waals surface area (Å²) in [4.78, 5) is 5.43. The minimum atomic E-state index is -0.105. The maximum Gasteiger partial charge on any atom is 0.213 e. The Morgan fingerprint density at radius 1 is 1.24 bits per heavy atom. The highest BCUT2D eigenvalue weighted by molar-refractivity contribution is 7.16. The second-order valence-corrected chi connectivity index (χ2v) is 7.32. The first-order valence-electron chi connectivity index (χ1n) is 6.66. The molecule has 0 fully saturated rings. The molecule has 4 nitrogen and oxygen atoms in total. The molecule has 6 heteroatoms. The number of hydrogen-bond acceptors (Lipinski definition) is 4. The Morgan fingerprint density at radius 3 is 2.48 bits per heavy atom. The molecule has 0 aliphatic heterocycles. The molecule has 0 bridgehead atoms.